The first-order chi connectivity index (χ1) is 8.88. The molecule has 0 amide bonds. The molecule has 0 unspecified atom stereocenters. The Morgan fingerprint density at radius 3 is 2.83 bits per heavy atom. The molecule has 0 saturated heterocycles. The van der Waals surface area contributed by atoms with Crippen LogP contribution in [0.1, 0.15) is 0 Å². The molecular formula is C12H8N6. The average Bonchev–Trinajstić information content (AvgIpc) is 2.97. The molecule has 3 aliphatic rings. The third-order valence-electron chi connectivity index (χ3n) is 3.14. The number of aromatic amines is 1. The van der Waals surface area contributed by atoms with Crippen molar-refractivity contribution in [2.24, 2.45) is 15.1 Å². The van der Waals surface area contributed by atoms with Crippen LogP contribution in [0.15, 0.2) is 39.4 Å². The van der Waals surface area contributed by atoms with Gasteiger partial charge in [-0.2, -0.15) is 5.11 Å². The van der Waals surface area contributed by atoms with Crippen molar-refractivity contribution in [3.8, 4) is 11.4 Å². The van der Waals surface area contributed by atoms with Crippen molar-refractivity contribution in [3.05, 3.63) is 35.2 Å². The Balaban J connectivity index is 2.32. The van der Waals surface area contributed by atoms with Crippen molar-refractivity contribution in [1.82, 2.24) is 9.97 Å². The predicted octanol–water partition coefficient (Wildman–Crippen LogP) is 1.54. The summed E-state index contributed by atoms with van der Waals surface area (Å²) in [5.74, 6) is 0. The number of fused-ring (bicyclic) bond motifs is 4. The van der Waals surface area contributed by atoms with Crippen molar-refractivity contribution in [2.45, 2.75) is 0 Å². The molecule has 0 aromatic heterocycles. The standard InChI is InChI=1S/C12H8N6/c13-18-9-7-4-2-1-3-6(7)8-10(9)17-12-11(16-8)14-5-15-12/h1-4,13H,5H2,(H,15,17). The van der Waals surface area contributed by atoms with Crippen molar-refractivity contribution in [1.29, 1.82) is 5.53 Å². The topological polar surface area (TPSA) is 89.6 Å². The van der Waals surface area contributed by atoms with E-state index < -0.39 is 0 Å². The van der Waals surface area contributed by atoms with Crippen LogP contribution in [0.25, 0.3) is 22.2 Å². The van der Waals surface area contributed by atoms with E-state index in [0.717, 1.165) is 22.2 Å². The van der Waals surface area contributed by atoms with E-state index in [9.17, 15) is 0 Å². The molecule has 2 aliphatic heterocycles. The number of nitrogens with one attached hydrogen (secondary N) is 2. The highest BCUT2D eigenvalue weighted by molar-refractivity contribution is 6.09. The summed E-state index contributed by atoms with van der Waals surface area (Å²) in [5.41, 5.74) is 10.8. The maximum absolute atomic E-state index is 7.34. The van der Waals surface area contributed by atoms with Gasteiger partial charge in [0.1, 0.15) is 12.4 Å². The fourth-order valence-corrected chi connectivity index (χ4v) is 2.35. The molecule has 6 nitrogen and oxygen atoms in total. The lowest BCUT2D eigenvalue weighted by molar-refractivity contribution is 1.04. The molecule has 1 aromatic carbocycles. The van der Waals surface area contributed by atoms with Crippen molar-refractivity contribution < 1.29 is 0 Å². The minimum Gasteiger partial charge on any atom is -0.334 e. The Kier molecular flexibility index (Phi) is 1.67. The summed E-state index contributed by atoms with van der Waals surface area (Å²) in [6.07, 6.45) is 0. The average molecular weight is 236 g/mol. The van der Waals surface area contributed by atoms with Gasteiger partial charge in [0, 0.05) is 10.8 Å². The maximum Gasteiger partial charge on any atom is 0.193 e. The zero-order chi connectivity index (χ0) is 12.1. The lowest BCUT2D eigenvalue weighted by atomic mass is 10.2. The van der Waals surface area contributed by atoms with Gasteiger partial charge < -0.3 is 4.98 Å². The van der Waals surface area contributed by atoms with Crippen LogP contribution in [0, 0.1) is 5.53 Å². The van der Waals surface area contributed by atoms with E-state index in [2.05, 4.69) is 25.1 Å². The second-order valence-electron chi connectivity index (χ2n) is 4.10. The number of nitrogens with zero attached hydrogens (tertiary/aromatic N) is 4. The number of aromatic nitrogens is 2. The highest BCUT2D eigenvalue weighted by atomic mass is 15.1. The maximum atomic E-state index is 7.34. The first kappa shape index (κ1) is 9.41. The smallest absolute Gasteiger partial charge is 0.193 e. The Bertz CT molecular complexity index is 876. The fourth-order valence-electron chi connectivity index (χ4n) is 2.35. The van der Waals surface area contributed by atoms with Crippen LogP contribution in [-0.4, -0.2) is 16.6 Å². The molecule has 2 heterocycles. The summed E-state index contributed by atoms with van der Waals surface area (Å²) in [6.45, 7) is 0.413. The van der Waals surface area contributed by atoms with Crippen LogP contribution >= 0.6 is 0 Å². The van der Waals surface area contributed by atoms with E-state index in [4.69, 9.17) is 5.53 Å². The number of rotatable bonds is 1. The Morgan fingerprint density at radius 2 is 2.00 bits per heavy atom. The van der Waals surface area contributed by atoms with E-state index >= 15 is 0 Å². The summed E-state index contributed by atoms with van der Waals surface area (Å²) in [5, 5.41) is 5.53. The van der Waals surface area contributed by atoms with E-state index in [-0.39, 0.29) is 0 Å². The molecular weight excluding hydrogens is 228 g/mol. The van der Waals surface area contributed by atoms with Crippen molar-refractivity contribution in [2.75, 3.05) is 6.67 Å². The number of benzene rings is 1. The minimum atomic E-state index is 0.413. The number of H-pyrrole nitrogens is 1. The molecule has 1 aliphatic carbocycles. The molecule has 0 atom stereocenters. The monoisotopic (exact) mass is 236 g/mol. The summed E-state index contributed by atoms with van der Waals surface area (Å²) in [7, 11) is 0. The van der Waals surface area contributed by atoms with Crippen LogP contribution in [0.5, 0.6) is 0 Å². The van der Waals surface area contributed by atoms with Gasteiger partial charge in [0.15, 0.2) is 11.0 Å². The number of hydrogen-bond acceptors (Lipinski definition) is 5. The molecule has 1 aromatic rings. The summed E-state index contributed by atoms with van der Waals surface area (Å²) >= 11 is 0. The molecule has 0 bridgehead atoms. The highest BCUT2D eigenvalue weighted by Crippen LogP contribution is 2.40. The Labute approximate surface area is 101 Å². The van der Waals surface area contributed by atoms with Gasteiger partial charge in [-0.05, 0) is 0 Å². The van der Waals surface area contributed by atoms with Crippen LogP contribution in [0.3, 0.4) is 0 Å². The zero-order valence-corrected chi connectivity index (χ0v) is 9.31. The van der Waals surface area contributed by atoms with Gasteiger partial charge in [-0.3, -0.25) is 0 Å². The van der Waals surface area contributed by atoms with E-state index in [1.54, 1.807) is 0 Å². The normalized spacial score (nSPS) is 13.3. The van der Waals surface area contributed by atoms with E-state index in [1.807, 2.05) is 24.3 Å². The molecule has 86 valence electrons. The largest absolute Gasteiger partial charge is 0.334 e. The molecule has 6 heteroatoms. The molecule has 2 N–H and O–H groups in total. The first-order valence-electron chi connectivity index (χ1n) is 5.55. The third-order valence-corrected chi connectivity index (χ3v) is 3.14. The Hall–Kier alpha value is -2.63. The fraction of sp³-hybridized carbons (Fsp3) is 0.0833. The molecule has 0 spiro atoms. The first-order valence-corrected chi connectivity index (χ1v) is 5.55. The van der Waals surface area contributed by atoms with Gasteiger partial charge in [0.05, 0.1) is 11.4 Å². The minimum absolute atomic E-state index is 0.413. The second kappa shape index (κ2) is 3.19. The number of hydrogen-bond donors (Lipinski definition) is 2. The quantitative estimate of drug-likeness (QED) is 0.616. The molecule has 0 saturated carbocycles. The Morgan fingerprint density at radius 1 is 1.17 bits per heavy atom. The lowest BCUT2D eigenvalue weighted by Gasteiger charge is -1.98. The SMILES string of the molecule is N=Nc1c2[nH]c3c(nc-2c2ccccc12)=NCN=3. The summed E-state index contributed by atoms with van der Waals surface area (Å²) in [6, 6.07) is 7.80. The van der Waals surface area contributed by atoms with Gasteiger partial charge in [-0.1, -0.05) is 24.3 Å². The van der Waals surface area contributed by atoms with E-state index in [1.165, 1.54) is 0 Å². The second-order valence-corrected chi connectivity index (χ2v) is 4.10. The highest BCUT2D eigenvalue weighted by Gasteiger charge is 2.20. The lowest BCUT2D eigenvalue weighted by Crippen LogP contribution is -2.30. The van der Waals surface area contributed by atoms with Crippen LogP contribution in [0.4, 0.5) is 5.69 Å². The van der Waals surface area contributed by atoms with Gasteiger partial charge in [0.2, 0.25) is 0 Å². The molecule has 0 fully saturated rings. The van der Waals surface area contributed by atoms with Gasteiger partial charge in [-0.15, -0.1) is 0 Å². The summed E-state index contributed by atoms with van der Waals surface area (Å²) in [4.78, 5) is 16.1. The van der Waals surface area contributed by atoms with Crippen molar-refractivity contribution in [3.63, 3.8) is 0 Å². The third kappa shape index (κ3) is 1.04. The molecule has 0 radical (unpaired) electrons. The molecule has 18 heavy (non-hydrogen) atoms. The van der Waals surface area contributed by atoms with E-state index in [0.29, 0.717) is 23.3 Å². The zero-order valence-electron chi connectivity index (χ0n) is 9.31. The van der Waals surface area contributed by atoms with Gasteiger partial charge >= 0.3 is 0 Å². The predicted molar refractivity (Wildman–Crippen MR) is 64.7 cm³/mol. The molecule has 4 rings (SSSR count). The van der Waals surface area contributed by atoms with Crippen molar-refractivity contribution >= 4 is 16.5 Å². The van der Waals surface area contributed by atoms with Crippen LogP contribution < -0.4 is 11.0 Å². The summed E-state index contributed by atoms with van der Waals surface area (Å²) < 4.78 is 0. The van der Waals surface area contributed by atoms with Crippen LogP contribution in [0.2, 0.25) is 0 Å². The van der Waals surface area contributed by atoms with Gasteiger partial charge in [-0.25, -0.2) is 20.5 Å². The van der Waals surface area contributed by atoms with Gasteiger partial charge in [0.25, 0.3) is 0 Å². The van der Waals surface area contributed by atoms with Crippen LogP contribution in [-0.2, 0) is 0 Å².